The van der Waals surface area contributed by atoms with Crippen molar-refractivity contribution in [3.05, 3.63) is 18.7 Å². The second-order valence-corrected chi connectivity index (χ2v) is 2.61. The van der Waals surface area contributed by atoms with Gasteiger partial charge < -0.3 is 5.11 Å². The van der Waals surface area contributed by atoms with Crippen LogP contribution < -0.4 is 0 Å². The molecule has 0 aliphatic rings. The Balaban J connectivity index is 2.31. The average molecular weight is 182 g/mol. The SMILES string of the molecule is O=C(O)CCCC(=O)n1ccnc1. The highest BCUT2D eigenvalue weighted by molar-refractivity contribution is 5.79. The van der Waals surface area contributed by atoms with Gasteiger partial charge in [0.25, 0.3) is 0 Å². The fraction of sp³-hybridized carbons (Fsp3) is 0.375. The zero-order valence-corrected chi connectivity index (χ0v) is 7.01. The number of nitrogens with zero attached hydrogens (tertiary/aromatic N) is 2. The number of carboxylic acid groups (broad SMARTS) is 1. The maximum absolute atomic E-state index is 11.2. The van der Waals surface area contributed by atoms with Crippen LogP contribution in [0.25, 0.3) is 0 Å². The lowest BCUT2D eigenvalue weighted by molar-refractivity contribution is -0.137. The molecule has 1 aromatic rings. The molecular weight excluding hydrogens is 172 g/mol. The first-order valence-corrected chi connectivity index (χ1v) is 3.93. The quantitative estimate of drug-likeness (QED) is 0.746. The van der Waals surface area contributed by atoms with E-state index in [2.05, 4.69) is 4.98 Å². The Morgan fingerprint density at radius 2 is 2.15 bits per heavy atom. The molecule has 1 heterocycles. The lowest BCUT2D eigenvalue weighted by atomic mass is 10.2. The van der Waals surface area contributed by atoms with Gasteiger partial charge in [-0.15, -0.1) is 0 Å². The maximum Gasteiger partial charge on any atom is 0.303 e. The summed E-state index contributed by atoms with van der Waals surface area (Å²) in [6, 6.07) is 0. The molecule has 5 heteroatoms. The predicted octanol–water partition coefficient (Wildman–Crippen LogP) is 0.778. The van der Waals surface area contributed by atoms with Gasteiger partial charge in [-0.3, -0.25) is 14.2 Å². The van der Waals surface area contributed by atoms with Gasteiger partial charge >= 0.3 is 5.97 Å². The van der Waals surface area contributed by atoms with Crippen LogP contribution in [0, 0.1) is 0 Å². The van der Waals surface area contributed by atoms with E-state index in [4.69, 9.17) is 5.11 Å². The van der Waals surface area contributed by atoms with E-state index >= 15 is 0 Å². The molecule has 1 N–H and O–H groups in total. The lowest BCUT2D eigenvalue weighted by Gasteiger charge is -1.98. The Morgan fingerprint density at radius 3 is 2.69 bits per heavy atom. The third-order valence-electron chi connectivity index (χ3n) is 1.57. The fourth-order valence-electron chi connectivity index (χ4n) is 0.927. The number of carboxylic acids is 1. The van der Waals surface area contributed by atoms with E-state index in [1.165, 1.54) is 17.1 Å². The summed E-state index contributed by atoms with van der Waals surface area (Å²) in [4.78, 5) is 25.1. The van der Waals surface area contributed by atoms with Crippen molar-refractivity contribution in [2.24, 2.45) is 0 Å². The minimum Gasteiger partial charge on any atom is -0.481 e. The standard InChI is InChI=1S/C8H10N2O3/c11-7(2-1-3-8(12)13)10-5-4-9-6-10/h4-6H,1-3H2,(H,12,13). The third-order valence-corrected chi connectivity index (χ3v) is 1.57. The van der Waals surface area contributed by atoms with Crippen LogP contribution in [-0.4, -0.2) is 26.5 Å². The molecule has 0 saturated carbocycles. The number of imidazole rings is 1. The van der Waals surface area contributed by atoms with E-state index in [1.807, 2.05) is 0 Å². The number of carbonyl (C=O) groups excluding carboxylic acids is 1. The van der Waals surface area contributed by atoms with Crippen LogP contribution in [0.4, 0.5) is 0 Å². The van der Waals surface area contributed by atoms with Gasteiger partial charge in [0.15, 0.2) is 0 Å². The second kappa shape index (κ2) is 4.39. The summed E-state index contributed by atoms with van der Waals surface area (Å²) in [6.07, 6.45) is 5.09. The van der Waals surface area contributed by atoms with Crippen LogP contribution in [0.15, 0.2) is 18.7 Å². The first-order chi connectivity index (χ1) is 6.20. The molecule has 0 aliphatic carbocycles. The Labute approximate surface area is 75.0 Å². The highest BCUT2D eigenvalue weighted by atomic mass is 16.4. The summed E-state index contributed by atoms with van der Waals surface area (Å²) in [6.45, 7) is 0. The zero-order valence-electron chi connectivity index (χ0n) is 7.01. The van der Waals surface area contributed by atoms with Crippen LogP contribution >= 0.6 is 0 Å². The highest BCUT2D eigenvalue weighted by Gasteiger charge is 2.04. The molecule has 0 aromatic carbocycles. The number of aliphatic carboxylic acids is 1. The molecule has 0 atom stereocenters. The summed E-state index contributed by atoms with van der Waals surface area (Å²) in [5, 5.41) is 8.33. The molecule has 0 saturated heterocycles. The normalized spacial score (nSPS) is 9.85. The molecule has 5 nitrogen and oxygen atoms in total. The van der Waals surface area contributed by atoms with Crippen molar-refractivity contribution in [1.82, 2.24) is 9.55 Å². The maximum atomic E-state index is 11.2. The van der Waals surface area contributed by atoms with Crippen LogP contribution in [0.5, 0.6) is 0 Å². The average Bonchev–Trinajstić information content (AvgIpc) is 2.55. The number of carbonyl (C=O) groups is 2. The summed E-state index contributed by atoms with van der Waals surface area (Å²) in [5.41, 5.74) is 0. The number of hydrogen-bond acceptors (Lipinski definition) is 3. The molecule has 0 spiro atoms. The fourth-order valence-corrected chi connectivity index (χ4v) is 0.927. The molecule has 1 aromatic heterocycles. The van der Waals surface area contributed by atoms with Gasteiger partial charge in [0, 0.05) is 25.2 Å². The molecule has 70 valence electrons. The Morgan fingerprint density at radius 1 is 1.38 bits per heavy atom. The molecule has 0 amide bonds. The Kier molecular flexibility index (Phi) is 3.19. The van der Waals surface area contributed by atoms with Crippen LogP contribution in [0.1, 0.15) is 24.1 Å². The van der Waals surface area contributed by atoms with Crippen molar-refractivity contribution in [3.8, 4) is 0 Å². The Hall–Kier alpha value is -1.65. The van der Waals surface area contributed by atoms with Crippen molar-refractivity contribution in [2.75, 3.05) is 0 Å². The van der Waals surface area contributed by atoms with Crippen LogP contribution in [0.2, 0.25) is 0 Å². The smallest absolute Gasteiger partial charge is 0.303 e. The molecule has 0 unspecified atom stereocenters. The molecule has 0 fully saturated rings. The van der Waals surface area contributed by atoms with Crippen molar-refractivity contribution in [3.63, 3.8) is 0 Å². The first kappa shape index (κ1) is 9.44. The number of aromatic nitrogens is 2. The highest BCUT2D eigenvalue weighted by Crippen LogP contribution is 1.99. The van der Waals surface area contributed by atoms with E-state index in [0.29, 0.717) is 6.42 Å². The van der Waals surface area contributed by atoms with E-state index < -0.39 is 5.97 Å². The van der Waals surface area contributed by atoms with E-state index in [1.54, 1.807) is 6.20 Å². The van der Waals surface area contributed by atoms with Crippen LogP contribution in [0.3, 0.4) is 0 Å². The van der Waals surface area contributed by atoms with Gasteiger partial charge in [-0.2, -0.15) is 0 Å². The van der Waals surface area contributed by atoms with Crippen molar-refractivity contribution < 1.29 is 14.7 Å². The van der Waals surface area contributed by atoms with Gasteiger partial charge in [-0.25, -0.2) is 4.98 Å². The summed E-state index contributed by atoms with van der Waals surface area (Å²) >= 11 is 0. The van der Waals surface area contributed by atoms with E-state index in [9.17, 15) is 9.59 Å². The Bertz CT molecular complexity index is 292. The van der Waals surface area contributed by atoms with E-state index in [-0.39, 0.29) is 18.7 Å². The van der Waals surface area contributed by atoms with Crippen LogP contribution in [-0.2, 0) is 4.79 Å². The zero-order chi connectivity index (χ0) is 9.68. The van der Waals surface area contributed by atoms with E-state index in [0.717, 1.165) is 0 Å². The van der Waals surface area contributed by atoms with Gasteiger partial charge in [-0.1, -0.05) is 0 Å². The molecule has 0 radical (unpaired) electrons. The number of hydrogen-bond donors (Lipinski definition) is 1. The molecule has 0 aliphatic heterocycles. The van der Waals surface area contributed by atoms with Gasteiger partial charge in [0.05, 0.1) is 0 Å². The van der Waals surface area contributed by atoms with Gasteiger partial charge in [-0.05, 0) is 6.42 Å². The van der Waals surface area contributed by atoms with Crippen molar-refractivity contribution in [2.45, 2.75) is 19.3 Å². The first-order valence-electron chi connectivity index (χ1n) is 3.93. The van der Waals surface area contributed by atoms with Gasteiger partial charge in [0.1, 0.15) is 6.33 Å². The topological polar surface area (TPSA) is 72.2 Å². The summed E-state index contributed by atoms with van der Waals surface area (Å²) in [7, 11) is 0. The third kappa shape index (κ3) is 3.06. The molecule has 0 bridgehead atoms. The molecule has 13 heavy (non-hydrogen) atoms. The second-order valence-electron chi connectivity index (χ2n) is 2.61. The largest absolute Gasteiger partial charge is 0.481 e. The minimum atomic E-state index is -0.876. The minimum absolute atomic E-state index is 0.0282. The summed E-state index contributed by atoms with van der Waals surface area (Å²) < 4.78 is 1.35. The molecule has 1 rings (SSSR count). The van der Waals surface area contributed by atoms with Crippen molar-refractivity contribution in [1.29, 1.82) is 0 Å². The predicted molar refractivity (Wildman–Crippen MR) is 44.3 cm³/mol. The lowest BCUT2D eigenvalue weighted by Crippen LogP contribution is -2.08. The number of rotatable bonds is 4. The monoisotopic (exact) mass is 182 g/mol. The van der Waals surface area contributed by atoms with Gasteiger partial charge in [0.2, 0.25) is 5.91 Å². The molecular formula is C8H10N2O3. The van der Waals surface area contributed by atoms with Crippen molar-refractivity contribution >= 4 is 11.9 Å². The summed E-state index contributed by atoms with van der Waals surface area (Å²) in [5.74, 6) is -1.00.